The second kappa shape index (κ2) is 19.8. The van der Waals surface area contributed by atoms with Gasteiger partial charge in [0.05, 0.1) is 31.8 Å². The first kappa shape index (κ1) is 42.0. The summed E-state index contributed by atoms with van der Waals surface area (Å²) >= 11 is 0. The number of hydrogen-bond acceptors (Lipinski definition) is 9. The summed E-state index contributed by atoms with van der Waals surface area (Å²) in [7, 11) is 0. The zero-order chi connectivity index (χ0) is 40.6. The van der Waals surface area contributed by atoms with Crippen LogP contribution in [0.5, 0.6) is 11.5 Å². The van der Waals surface area contributed by atoms with Crippen molar-refractivity contribution in [2.45, 2.75) is 114 Å². The van der Waals surface area contributed by atoms with E-state index in [2.05, 4.69) is 49.6 Å². The van der Waals surface area contributed by atoms with Crippen LogP contribution in [-0.2, 0) is 43.2 Å². The number of ether oxygens (including phenoxy) is 3. The van der Waals surface area contributed by atoms with Crippen molar-refractivity contribution in [2.75, 3.05) is 77.6 Å². The third-order valence-corrected chi connectivity index (χ3v) is 14.3. The van der Waals surface area contributed by atoms with Gasteiger partial charge >= 0.3 is 0 Å². The number of nitrogens with zero attached hydrogens (tertiary/aromatic N) is 3. The zero-order valence-electron chi connectivity index (χ0n) is 35.1. The van der Waals surface area contributed by atoms with Crippen LogP contribution in [0.2, 0.25) is 0 Å². The van der Waals surface area contributed by atoms with Gasteiger partial charge in [0.15, 0.2) is 12.4 Å². The van der Waals surface area contributed by atoms with Gasteiger partial charge in [0.25, 0.3) is 5.91 Å². The summed E-state index contributed by atoms with van der Waals surface area (Å²) in [6, 6.07) is 12.5. The molecule has 0 radical (unpaired) electrons. The number of carbonyl (C=O) groups is 3. The molecule has 59 heavy (non-hydrogen) atoms. The molecule has 3 N–H and O–H groups in total. The highest BCUT2D eigenvalue weighted by molar-refractivity contribution is 5.97. The number of phenolic OH excluding ortho intramolecular Hbond substituents is 1. The monoisotopic (exact) mass is 814 g/mol. The summed E-state index contributed by atoms with van der Waals surface area (Å²) in [5.74, 6) is 3.06. The molecule has 2 bridgehead atoms. The standard InChI is InChI=1S/C47H67N5O7/c53-41-12-11-37(46-45(41)49-42(54)32-58-46)13-18-48-19-22-52(40-7-2-1-3-8-40)43(55)15-25-57-24-14-34-5-4-6-36(27-34)31-50-20-16-47(17-21-50)33-51(23-26-59-47)44(56)30-39-29-35-9-10-38(39)28-35/h4-6,11-12,27,35,38-40,48,53H,1-3,7-10,13-26,28-33H2,(H,49,54)/t35-,38-,39?/m0/s1. The first-order valence-electron chi connectivity index (χ1n) is 22.9. The Morgan fingerprint density at radius 1 is 0.966 bits per heavy atom. The van der Waals surface area contributed by atoms with Crippen LogP contribution in [-0.4, -0.2) is 121 Å². The fourth-order valence-electron chi connectivity index (χ4n) is 11.1. The predicted molar refractivity (Wildman–Crippen MR) is 226 cm³/mol. The topological polar surface area (TPSA) is 133 Å². The molecule has 8 rings (SSSR count). The number of benzene rings is 2. The summed E-state index contributed by atoms with van der Waals surface area (Å²) < 4.78 is 18.1. The maximum atomic E-state index is 13.6. The number of piperidine rings is 1. The quantitative estimate of drug-likeness (QED) is 0.136. The van der Waals surface area contributed by atoms with Crippen LogP contribution in [0.15, 0.2) is 36.4 Å². The van der Waals surface area contributed by atoms with E-state index in [9.17, 15) is 19.5 Å². The first-order chi connectivity index (χ1) is 28.8. The van der Waals surface area contributed by atoms with Gasteiger partial charge in [0, 0.05) is 58.3 Å². The van der Waals surface area contributed by atoms with E-state index >= 15 is 0 Å². The lowest BCUT2D eigenvalue weighted by Gasteiger charge is -2.47. The van der Waals surface area contributed by atoms with Crippen molar-refractivity contribution < 1.29 is 33.7 Å². The van der Waals surface area contributed by atoms with E-state index < -0.39 is 0 Å². The van der Waals surface area contributed by atoms with Crippen LogP contribution in [0.3, 0.4) is 0 Å². The van der Waals surface area contributed by atoms with Crippen LogP contribution in [0, 0.1) is 17.8 Å². The van der Waals surface area contributed by atoms with Crippen LogP contribution in [0.1, 0.15) is 100 Å². The van der Waals surface area contributed by atoms with Gasteiger partial charge in [0.2, 0.25) is 11.8 Å². The number of hydrogen-bond donors (Lipinski definition) is 3. The number of carbonyl (C=O) groups excluding carboxylic acids is 3. The molecule has 2 saturated heterocycles. The number of likely N-dealkylation sites (tertiary alicyclic amines) is 1. The van der Waals surface area contributed by atoms with Crippen molar-refractivity contribution in [3.8, 4) is 11.5 Å². The highest BCUT2D eigenvalue weighted by atomic mass is 16.5. The molecular formula is C47H67N5O7. The lowest BCUT2D eigenvalue weighted by molar-refractivity contribution is -0.160. The van der Waals surface area contributed by atoms with Gasteiger partial charge in [-0.1, -0.05) is 56.0 Å². The molecule has 12 nitrogen and oxygen atoms in total. The fourth-order valence-corrected chi connectivity index (χ4v) is 11.1. The number of aromatic hydroxyl groups is 1. The van der Waals surface area contributed by atoms with E-state index in [0.29, 0.717) is 75.6 Å². The summed E-state index contributed by atoms with van der Waals surface area (Å²) in [4.78, 5) is 45.4. The number of morpholine rings is 1. The largest absolute Gasteiger partial charge is 0.506 e. The van der Waals surface area contributed by atoms with Gasteiger partial charge in [-0.3, -0.25) is 19.3 Å². The normalized spacial score (nSPS) is 24.2. The van der Waals surface area contributed by atoms with Crippen molar-refractivity contribution in [1.29, 1.82) is 0 Å². The average Bonchev–Trinajstić information content (AvgIpc) is 3.88. The lowest BCUT2D eigenvalue weighted by atomic mass is 9.85. The SMILES string of the molecule is O=C1COc2c(CCNCCN(C(=O)CCOCCc3cccc(CN4CCC5(CC4)CN(C(=O)CC4C[C@H]6CC[C@H]4C6)CCO5)c3)C3CCCCC3)ccc(O)c2N1. The van der Waals surface area contributed by atoms with Gasteiger partial charge in [-0.25, -0.2) is 0 Å². The molecular weight excluding hydrogens is 747 g/mol. The van der Waals surface area contributed by atoms with E-state index in [1.807, 2.05) is 6.07 Å². The summed E-state index contributed by atoms with van der Waals surface area (Å²) in [6.45, 7) is 7.96. The number of rotatable bonds is 17. The fraction of sp³-hybridized carbons (Fsp3) is 0.681. The van der Waals surface area contributed by atoms with Crippen LogP contribution in [0.4, 0.5) is 5.69 Å². The minimum atomic E-state index is -0.276. The van der Waals surface area contributed by atoms with Gasteiger partial charge in [-0.2, -0.15) is 0 Å². The molecule has 3 aliphatic heterocycles. The van der Waals surface area contributed by atoms with Crippen molar-refractivity contribution >= 4 is 23.4 Å². The maximum absolute atomic E-state index is 13.6. The highest BCUT2D eigenvalue weighted by Crippen LogP contribution is 2.50. The molecule has 3 saturated carbocycles. The smallest absolute Gasteiger partial charge is 0.262 e. The Labute approximate surface area is 350 Å². The van der Waals surface area contributed by atoms with E-state index in [0.717, 1.165) is 101 Å². The Bertz CT molecular complexity index is 1760. The van der Waals surface area contributed by atoms with E-state index in [4.69, 9.17) is 14.2 Å². The number of fused-ring (bicyclic) bond motifs is 3. The third kappa shape index (κ3) is 10.8. The molecule has 3 aliphatic carbocycles. The Kier molecular flexibility index (Phi) is 14.1. The van der Waals surface area contributed by atoms with Crippen LogP contribution in [0.25, 0.3) is 0 Å². The molecule has 0 aromatic heterocycles. The molecule has 6 aliphatic rings. The van der Waals surface area contributed by atoms with Crippen molar-refractivity contribution in [2.24, 2.45) is 17.8 Å². The number of anilines is 1. The highest BCUT2D eigenvalue weighted by Gasteiger charge is 2.44. The van der Waals surface area contributed by atoms with Gasteiger partial charge in [-0.15, -0.1) is 0 Å². The molecule has 1 spiro atoms. The van der Waals surface area contributed by atoms with Gasteiger partial charge in [0.1, 0.15) is 11.4 Å². The molecule has 2 aromatic carbocycles. The molecule has 2 aromatic rings. The minimum absolute atomic E-state index is 0.000198. The number of phenols is 1. The van der Waals surface area contributed by atoms with E-state index in [1.165, 1.54) is 43.2 Å². The van der Waals surface area contributed by atoms with Crippen molar-refractivity contribution in [3.63, 3.8) is 0 Å². The Morgan fingerprint density at radius 3 is 2.63 bits per heavy atom. The second-order valence-electron chi connectivity index (χ2n) is 18.4. The Hall–Kier alpha value is -3.71. The minimum Gasteiger partial charge on any atom is -0.506 e. The Balaban J connectivity index is 0.731. The molecule has 322 valence electrons. The van der Waals surface area contributed by atoms with Gasteiger partial charge < -0.3 is 39.8 Å². The van der Waals surface area contributed by atoms with E-state index in [1.54, 1.807) is 6.07 Å². The number of amides is 3. The predicted octanol–water partition coefficient (Wildman–Crippen LogP) is 5.69. The first-order valence-corrected chi connectivity index (χ1v) is 22.9. The zero-order valence-corrected chi connectivity index (χ0v) is 35.1. The molecule has 3 heterocycles. The molecule has 5 fully saturated rings. The van der Waals surface area contributed by atoms with Crippen molar-refractivity contribution in [3.05, 3.63) is 53.1 Å². The summed E-state index contributed by atoms with van der Waals surface area (Å²) in [6.07, 6.45) is 15.5. The Morgan fingerprint density at radius 2 is 1.81 bits per heavy atom. The summed E-state index contributed by atoms with van der Waals surface area (Å²) in [5.41, 5.74) is 3.62. The lowest BCUT2D eigenvalue weighted by Crippen LogP contribution is -2.58. The molecule has 3 atom stereocenters. The van der Waals surface area contributed by atoms with Crippen LogP contribution < -0.4 is 15.4 Å². The van der Waals surface area contributed by atoms with Gasteiger partial charge in [-0.05, 0) is 105 Å². The second-order valence-corrected chi connectivity index (χ2v) is 18.4. The molecule has 3 amide bonds. The molecule has 12 heteroatoms. The summed E-state index contributed by atoms with van der Waals surface area (Å²) in [5, 5.41) is 16.4. The van der Waals surface area contributed by atoms with Crippen LogP contribution >= 0.6 is 0 Å². The van der Waals surface area contributed by atoms with Crippen molar-refractivity contribution in [1.82, 2.24) is 20.0 Å². The third-order valence-electron chi connectivity index (χ3n) is 14.3. The molecule has 1 unspecified atom stereocenters. The number of nitrogens with one attached hydrogen (secondary N) is 2. The maximum Gasteiger partial charge on any atom is 0.262 e. The average molecular weight is 814 g/mol. The van der Waals surface area contributed by atoms with E-state index in [-0.39, 0.29) is 35.8 Å².